The molecule has 1 unspecified atom stereocenters. The Morgan fingerprint density at radius 2 is 2.06 bits per heavy atom. The number of carbonyl (C=O) groups excluding carboxylic acids is 1. The summed E-state index contributed by atoms with van der Waals surface area (Å²) in [6.07, 6.45) is 3.33. The molecule has 1 aromatic carbocycles. The van der Waals surface area contributed by atoms with Gasteiger partial charge in [-0.3, -0.25) is 0 Å². The number of nitrogens with zero attached hydrogens (tertiary/aromatic N) is 4. The van der Waals surface area contributed by atoms with Gasteiger partial charge in [-0.15, -0.1) is 0 Å². The highest BCUT2D eigenvalue weighted by molar-refractivity contribution is 5.82. The van der Waals surface area contributed by atoms with E-state index < -0.39 is 0 Å². The minimum absolute atomic E-state index is 0.213. The molecule has 1 aliphatic rings. The van der Waals surface area contributed by atoms with Gasteiger partial charge in [0.1, 0.15) is 18.2 Å². The number of anilines is 2. The number of nitrogen functional groups attached to an aromatic ring is 1. The van der Waals surface area contributed by atoms with Crippen molar-refractivity contribution in [1.29, 1.82) is 0 Å². The second-order valence-corrected chi connectivity index (χ2v) is 7.72. The molecule has 8 heteroatoms. The van der Waals surface area contributed by atoms with Gasteiger partial charge in [0.25, 0.3) is 0 Å². The number of hydrogen-bond donors (Lipinski definition) is 2. The van der Waals surface area contributed by atoms with Crippen LogP contribution in [0.1, 0.15) is 19.0 Å². The number of nitrogens with two attached hydrogens (primary N) is 1. The van der Waals surface area contributed by atoms with Crippen LogP contribution in [0.2, 0.25) is 0 Å². The summed E-state index contributed by atoms with van der Waals surface area (Å²) in [5.41, 5.74) is 11.1. The highest BCUT2D eigenvalue weighted by atomic mass is 16.5. The number of aryl methyl sites for hydroxylation is 1. The molecule has 0 radical (unpaired) electrons. The number of fused-ring (bicyclic) bond motifs is 1. The van der Waals surface area contributed by atoms with Crippen molar-refractivity contribution in [3.63, 3.8) is 0 Å². The van der Waals surface area contributed by atoms with E-state index in [1.165, 1.54) is 0 Å². The van der Waals surface area contributed by atoms with E-state index in [-0.39, 0.29) is 24.6 Å². The average molecular weight is 433 g/mol. The summed E-state index contributed by atoms with van der Waals surface area (Å²) in [6, 6.07) is 11.6. The fourth-order valence-electron chi connectivity index (χ4n) is 3.95. The largest absolute Gasteiger partial charge is 0.460 e. The lowest BCUT2D eigenvalue weighted by atomic mass is 10.1. The molecule has 0 saturated carbocycles. The molecule has 1 fully saturated rings. The third kappa shape index (κ3) is 4.55. The van der Waals surface area contributed by atoms with Crippen molar-refractivity contribution in [1.82, 2.24) is 20.3 Å². The lowest BCUT2D eigenvalue weighted by molar-refractivity contribution is -0.144. The number of benzene rings is 1. The number of esters is 1. The van der Waals surface area contributed by atoms with Gasteiger partial charge >= 0.3 is 5.97 Å². The number of pyridine rings is 1. The molecule has 32 heavy (non-hydrogen) atoms. The standard InChI is InChI=1S/C24H28N6O2/c1-3-5-19-22-20(29-24(25)28-19)11-10-18(27-22)16-6-8-17(9-7-16)30-13-12-26-15-21(30)23(31)32-14-4-2/h4,6-11,21,26H,2-3,5,12-15H2,1H3,(H2,25,28,29). The molecule has 3 N–H and O–H groups in total. The van der Waals surface area contributed by atoms with Crippen molar-refractivity contribution in [2.75, 3.05) is 36.9 Å². The SMILES string of the molecule is C=CCOC(=O)C1CNCCN1c1ccc(-c2ccc3nc(N)nc(CCC)c3n2)cc1. The first-order chi connectivity index (χ1) is 15.6. The molecule has 0 aliphatic carbocycles. The van der Waals surface area contributed by atoms with E-state index >= 15 is 0 Å². The molecule has 1 aliphatic heterocycles. The highest BCUT2D eigenvalue weighted by Crippen LogP contribution is 2.26. The minimum Gasteiger partial charge on any atom is -0.460 e. The smallest absolute Gasteiger partial charge is 0.330 e. The summed E-state index contributed by atoms with van der Waals surface area (Å²) < 4.78 is 5.29. The number of piperazine rings is 1. The second-order valence-electron chi connectivity index (χ2n) is 7.72. The van der Waals surface area contributed by atoms with Crippen LogP contribution in [-0.4, -0.2) is 53.2 Å². The molecule has 3 heterocycles. The third-order valence-corrected chi connectivity index (χ3v) is 5.47. The van der Waals surface area contributed by atoms with Gasteiger partial charge < -0.3 is 20.7 Å². The maximum atomic E-state index is 12.5. The molecule has 4 rings (SSSR count). The summed E-state index contributed by atoms with van der Waals surface area (Å²) in [5, 5.41) is 3.27. The predicted octanol–water partition coefficient (Wildman–Crippen LogP) is 2.73. The molecule has 0 bridgehead atoms. The Kier molecular flexibility index (Phi) is 6.61. The van der Waals surface area contributed by atoms with Crippen LogP contribution >= 0.6 is 0 Å². The number of carbonyl (C=O) groups is 1. The van der Waals surface area contributed by atoms with Gasteiger partial charge in [-0.1, -0.05) is 38.1 Å². The van der Waals surface area contributed by atoms with Crippen molar-refractivity contribution >= 4 is 28.6 Å². The minimum atomic E-state index is -0.368. The molecule has 0 amide bonds. The van der Waals surface area contributed by atoms with Crippen molar-refractivity contribution in [2.45, 2.75) is 25.8 Å². The zero-order valence-electron chi connectivity index (χ0n) is 18.3. The van der Waals surface area contributed by atoms with Gasteiger partial charge in [0, 0.05) is 30.9 Å². The van der Waals surface area contributed by atoms with Gasteiger partial charge in [-0.05, 0) is 30.7 Å². The van der Waals surface area contributed by atoms with Gasteiger partial charge in [0.15, 0.2) is 0 Å². The third-order valence-electron chi connectivity index (χ3n) is 5.47. The van der Waals surface area contributed by atoms with Gasteiger partial charge in [0.2, 0.25) is 5.95 Å². The fourth-order valence-corrected chi connectivity index (χ4v) is 3.95. The molecule has 0 spiro atoms. The lowest BCUT2D eigenvalue weighted by Crippen LogP contribution is -2.55. The Bertz CT molecular complexity index is 1120. The Morgan fingerprint density at radius 3 is 2.81 bits per heavy atom. The zero-order chi connectivity index (χ0) is 22.5. The first-order valence-corrected chi connectivity index (χ1v) is 10.9. The van der Waals surface area contributed by atoms with Crippen LogP contribution in [0.3, 0.4) is 0 Å². The maximum absolute atomic E-state index is 12.5. The first-order valence-electron chi connectivity index (χ1n) is 10.9. The van der Waals surface area contributed by atoms with Crippen molar-refractivity contribution in [3.8, 4) is 11.3 Å². The predicted molar refractivity (Wildman–Crippen MR) is 126 cm³/mol. The zero-order valence-corrected chi connectivity index (χ0v) is 18.3. The Morgan fingerprint density at radius 1 is 1.25 bits per heavy atom. The molecule has 8 nitrogen and oxygen atoms in total. The highest BCUT2D eigenvalue weighted by Gasteiger charge is 2.30. The van der Waals surface area contributed by atoms with E-state index in [9.17, 15) is 4.79 Å². The summed E-state index contributed by atoms with van der Waals surface area (Å²) in [6.45, 7) is 8.00. The van der Waals surface area contributed by atoms with Gasteiger partial charge in [-0.2, -0.15) is 0 Å². The van der Waals surface area contributed by atoms with Crippen molar-refractivity contribution in [3.05, 3.63) is 54.7 Å². The topological polar surface area (TPSA) is 106 Å². The van der Waals surface area contributed by atoms with E-state index in [2.05, 4.69) is 33.7 Å². The fraction of sp³-hybridized carbons (Fsp3) is 0.333. The normalized spacial score (nSPS) is 16.2. The lowest BCUT2D eigenvalue weighted by Gasteiger charge is -2.36. The molecule has 1 atom stereocenters. The Balaban J connectivity index is 1.61. The van der Waals surface area contributed by atoms with Crippen LogP contribution in [0.25, 0.3) is 22.3 Å². The summed E-state index contributed by atoms with van der Waals surface area (Å²) in [5.74, 6) is 0.0251. The Labute approximate surface area is 187 Å². The van der Waals surface area contributed by atoms with E-state index in [1.807, 2.05) is 36.4 Å². The molecule has 3 aromatic rings. The monoisotopic (exact) mass is 432 g/mol. The van der Waals surface area contributed by atoms with Crippen LogP contribution in [0.5, 0.6) is 0 Å². The van der Waals surface area contributed by atoms with E-state index in [1.54, 1.807) is 6.08 Å². The van der Waals surface area contributed by atoms with Crippen LogP contribution in [-0.2, 0) is 16.0 Å². The van der Waals surface area contributed by atoms with Crippen LogP contribution < -0.4 is 16.0 Å². The van der Waals surface area contributed by atoms with Crippen LogP contribution in [0.15, 0.2) is 49.1 Å². The summed E-state index contributed by atoms with van der Waals surface area (Å²) in [7, 11) is 0. The first kappa shape index (κ1) is 21.7. The van der Waals surface area contributed by atoms with E-state index in [4.69, 9.17) is 15.5 Å². The maximum Gasteiger partial charge on any atom is 0.330 e. The molecule has 1 saturated heterocycles. The number of aromatic nitrogens is 3. The van der Waals surface area contributed by atoms with Crippen molar-refractivity contribution < 1.29 is 9.53 Å². The number of nitrogens with one attached hydrogen (secondary N) is 1. The second kappa shape index (κ2) is 9.74. The van der Waals surface area contributed by atoms with E-state index in [0.29, 0.717) is 6.54 Å². The average Bonchev–Trinajstić information content (AvgIpc) is 2.82. The van der Waals surface area contributed by atoms with Crippen LogP contribution in [0, 0.1) is 0 Å². The number of hydrogen-bond acceptors (Lipinski definition) is 8. The van der Waals surface area contributed by atoms with E-state index in [0.717, 1.165) is 59.6 Å². The molecule has 166 valence electrons. The quantitative estimate of drug-likeness (QED) is 0.434. The molecular formula is C24H28N6O2. The number of ether oxygens (including phenoxy) is 1. The summed E-state index contributed by atoms with van der Waals surface area (Å²) in [4.78, 5) is 28.1. The van der Waals surface area contributed by atoms with Crippen molar-refractivity contribution in [2.24, 2.45) is 0 Å². The molecule has 2 aromatic heterocycles. The van der Waals surface area contributed by atoms with Gasteiger partial charge in [-0.25, -0.2) is 19.7 Å². The van der Waals surface area contributed by atoms with Crippen LogP contribution in [0.4, 0.5) is 11.6 Å². The summed E-state index contributed by atoms with van der Waals surface area (Å²) >= 11 is 0. The van der Waals surface area contributed by atoms with Gasteiger partial charge in [0.05, 0.1) is 16.9 Å². The molecular weight excluding hydrogens is 404 g/mol. The number of rotatable bonds is 7. The Hall–Kier alpha value is -3.52.